The largest absolute Gasteiger partial charge is 0.308 e. The first-order valence-electron chi connectivity index (χ1n) is 5.55. The Kier molecular flexibility index (Phi) is 4.28. The van der Waals surface area contributed by atoms with Gasteiger partial charge in [-0.25, -0.2) is 8.78 Å². The fourth-order valence-electron chi connectivity index (χ4n) is 1.64. The molecule has 0 spiro atoms. The molecule has 0 aliphatic rings. The van der Waals surface area contributed by atoms with Gasteiger partial charge in [0, 0.05) is 23.7 Å². The van der Waals surface area contributed by atoms with E-state index in [1.807, 2.05) is 0 Å². The first-order chi connectivity index (χ1) is 8.66. The van der Waals surface area contributed by atoms with Gasteiger partial charge in [0.15, 0.2) is 0 Å². The van der Waals surface area contributed by atoms with E-state index in [-0.39, 0.29) is 11.6 Å². The summed E-state index contributed by atoms with van der Waals surface area (Å²) in [6.07, 6.45) is 0. The summed E-state index contributed by atoms with van der Waals surface area (Å²) in [5, 5.41) is 3.48. The molecule has 0 aliphatic heterocycles. The van der Waals surface area contributed by atoms with Crippen molar-refractivity contribution < 1.29 is 8.78 Å². The molecule has 0 saturated carbocycles. The number of hydrogen-bond donors (Lipinski definition) is 1. The van der Waals surface area contributed by atoms with E-state index in [4.69, 9.17) is 11.6 Å². The minimum Gasteiger partial charge on any atom is -0.308 e. The second-order valence-electron chi connectivity index (χ2n) is 3.93. The van der Waals surface area contributed by atoms with Gasteiger partial charge in [-0.1, -0.05) is 29.8 Å². The molecule has 0 radical (unpaired) electrons. The van der Waals surface area contributed by atoms with E-state index in [1.54, 1.807) is 24.3 Å². The first-order valence-corrected chi connectivity index (χ1v) is 5.92. The normalized spacial score (nSPS) is 10.6. The van der Waals surface area contributed by atoms with Crippen LogP contribution in [0.1, 0.15) is 11.1 Å². The highest BCUT2D eigenvalue weighted by Gasteiger charge is 2.05. The van der Waals surface area contributed by atoms with E-state index >= 15 is 0 Å². The molecule has 94 valence electrons. The zero-order valence-electron chi connectivity index (χ0n) is 9.59. The molecule has 0 heterocycles. The van der Waals surface area contributed by atoms with Gasteiger partial charge in [0.1, 0.15) is 11.6 Å². The molecule has 0 unspecified atom stereocenters. The van der Waals surface area contributed by atoms with Gasteiger partial charge in [-0.15, -0.1) is 0 Å². The van der Waals surface area contributed by atoms with Gasteiger partial charge < -0.3 is 5.32 Å². The second kappa shape index (κ2) is 5.94. The smallest absolute Gasteiger partial charge is 0.129 e. The van der Waals surface area contributed by atoms with E-state index in [0.717, 1.165) is 5.56 Å². The average molecular weight is 268 g/mol. The van der Waals surface area contributed by atoms with Gasteiger partial charge >= 0.3 is 0 Å². The van der Waals surface area contributed by atoms with Crippen molar-refractivity contribution in [1.29, 1.82) is 0 Å². The van der Waals surface area contributed by atoms with E-state index in [2.05, 4.69) is 5.32 Å². The molecule has 18 heavy (non-hydrogen) atoms. The monoisotopic (exact) mass is 267 g/mol. The summed E-state index contributed by atoms with van der Waals surface area (Å²) in [7, 11) is 0. The van der Waals surface area contributed by atoms with Gasteiger partial charge in [-0.2, -0.15) is 0 Å². The minimum absolute atomic E-state index is 0.268. The minimum atomic E-state index is -0.325. The van der Waals surface area contributed by atoms with Crippen LogP contribution in [-0.2, 0) is 13.1 Å². The molecule has 0 bridgehead atoms. The number of halogens is 3. The summed E-state index contributed by atoms with van der Waals surface area (Å²) in [5.41, 5.74) is 1.38. The lowest BCUT2D eigenvalue weighted by atomic mass is 10.2. The quantitative estimate of drug-likeness (QED) is 0.886. The van der Waals surface area contributed by atoms with Crippen molar-refractivity contribution in [2.45, 2.75) is 13.1 Å². The van der Waals surface area contributed by atoms with Crippen molar-refractivity contribution in [3.05, 3.63) is 70.2 Å². The van der Waals surface area contributed by atoms with Crippen molar-refractivity contribution in [3.63, 3.8) is 0 Å². The van der Waals surface area contributed by atoms with Crippen LogP contribution in [0.4, 0.5) is 8.78 Å². The Morgan fingerprint density at radius 1 is 0.944 bits per heavy atom. The lowest BCUT2D eigenvalue weighted by molar-refractivity contribution is 0.587. The van der Waals surface area contributed by atoms with E-state index in [1.165, 1.54) is 18.2 Å². The third-order valence-electron chi connectivity index (χ3n) is 2.61. The SMILES string of the molecule is Fc1ccc(CNCc2c(F)cccc2Cl)cc1. The van der Waals surface area contributed by atoms with Gasteiger partial charge in [0.25, 0.3) is 0 Å². The molecular formula is C14H12ClF2N. The second-order valence-corrected chi connectivity index (χ2v) is 4.34. The van der Waals surface area contributed by atoms with Crippen LogP contribution in [0.25, 0.3) is 0 Å². The predicted octanol–water partition coefficient (Wildman–Crippen LogP) is 3.91. The molecule has 0 aromatic heterocycles. The molecule has 0 fully saturated rings. The summed E-state index contributed by atoms with van der Waals surface area (Å²) in [4.78, 5) is 0. The lowest BCUT2D eigenvalue weighted by Crippen LogP contribution is -2.14. The van der Waals surface area contributed by atoms with E-state index < -0.39 is 0 Å². The Balaban J connectivity index is 1.94. The number of rotatable bonds is 4. The Hall–Kier alpha value is -1.45. The van der Waals surface area contributed by atoms with Gasteiger partial charge in [-0.3, -0.25) is 0 Å². The first kappa shape index (κ1) is 13.0. The van der Waals surface area contributed by atoms with E-state index in [9.17, 15) is 8.78 Å². The molecule has 4 heteroatoms. The van der Waals surface area contributed by atoms with Gasteiger partial charge in [-0.05, 0) is 29.8 Å². The third kappa shape index (κ3) is 3.28. The Morgan fingerprint density at radius 3 is 2.33 bits per heavy atom. The molecule has 2 rings (SSSR count). The fourth-order valence-corrected chi connectivity index (χ4v) is 1.87. The molecule has 0 aliphatic carbocycles. The predicted molar refractivity (Wildman–Crippen MR) is 68.4 cm³/mol. The van der Waals surface area contributed by atoms with Crippen LogP contribution >= 0.6 is 11.6 Å². The Morgan fingerprint density at radius 2 is 1.67 bits per heavy atom. The summed E-state index contributed by atoms with van der Waals surface area (Å²) in [6, 6.07) is 10.8. The third-order valence-corrected chi connectivity index (χ3v) is 2.96. The number of hydrogen-bond acceptors (Lipinski definition) is 1. The van der Waals surface area contributed by atoms with Crippen molar-refractivity contribution in [1.82, 2.24) is 5.32 Å². The molecule has 0 saturated heterocycles. The summed E-state index contributed by atoms with van der Waals surface area (Å²) < 4.78 is 26.1. The van der Waals surface area contributed by atoms with Crippen molar-refractivity contribution in [2.24, 2.45) is 0 Å². The lowest BCUT2D eigenvalue weighted by Gasteiger charge is -2.08. The standard InChI is InChI=1S/C14H12ClF2N/c15-13-2-1-3-14(17)12(13)9-18-8-10-4-6-11(16)7-5-10/h1-7,18H,8-9H2. The maximum absolute atomic E-state index is 13.5. The van der Waals surface area contributed by atoms with Crippen LogP contribution in [0.3, 0.4) is 0 Å². The highest BCUT2D eigenvalue weighted by Crippen LogP contribution is 2.18. The maximum Gasteiger partial charge on any atom is 0.129 e. The molecule has 1 N–H and O–H groups in total. The molecular weight excluding hydrogens is 256 g/mol. The van der Waals surface area contributed by atoms with Crippen molar-refractivity contribution in [2.75, 3.05) is 0 Å². The number of benzene rings is 2. The average Bonchev–Trinajstić information content (AvgIpc) is 2.35. The topological polar surface area (TPSA) is 12.0 Å². The summed E-state index contributed by atoms with van der Waals surface area (Å²) in [6.45, 7) is 0.869. The molecule has 1 nitrogen and oxygen atoms in total. The number of nitrogens with one attached hydrogen (secondary N) is 1. The highest BCUT2D eigenvalue weighted by molar-refractivity contribution is 6.31. The summed E-state index contributed by atoms with van der Waals surface area (Å²) in [5.74, 6) is -0.593. The zero-order chi connectivity index (χ0) is 13.0. The zero-order valence-corrected chi connectivity index (χ0v) is 10.3. The van der Waals surface area contributed by atoms with Crippen molar-refractivity contribution in [3.8, 4) is 0 Å². The highest BCUT2D eigenvalue weighted by atomic mass is 35.5. The fraction of sp³-hybridized carbons (Fsp3) is 0.143. The van der Waals surface area contributed by atoms with Crippen LogP contribution < -0.4 is 5.32 Å². The van der Waals surface area contributed by atoms with Crippen LogP contribution in [-0.4, -0.2) is 0 Å². The van der Waals surface area contributed by atoms with Crippen LogP contribution in [0.15, 0.2) is 42.5 Å². The summed E-state index contributed by atoms with van der Waals surface area (Å²) >= 11 is 5.90. The van der Waals surface area contributed by atoms with Crippen LogP contribution in [0.2, 0.25) is 5.02 Å². The molecule has 0 atom stereocenters. The Bertz CT molecular complexity index is 506. The van der Waals surface area contributed by atoms with Gasteiger partial charge in [0.2, 0.25) is 0 Å². The maximum atomic E-state index is 13.5. The molecule has 0 amide bonds. The molecule has 2 aromatic carbocycles. The van der Waals surface area contributed by atoms with Crippen molar-refractivity contribution >= 4 is 11.6 Å². The Labute approximate surface area is 109 Å². The van der Waals surface area contributed by atoms with E-state index in [0.29, 0.717) is 23.7 Å². The van der Waals surface area contributed by atoms with Crippen LogP contribution in [0, 0.1) is 11.6 Å². The van der Waals surface area contributed by atoms with Gasteiger partial charge in [0.05, 0.1) is 0 Å². The van der Waals surface area contributed by atoms with Crippen LogP contribution in [0.5, 0.6) is 0 Å². The molecule has 2 aromatic rings.